The van der Waals surface area contributed by atoms with E-state index in [1.54, 1.807) is 0 Å². The fourth-order valence-corrected chi connectivity index (χ4v) is 3.95. The van der Waals surface area contributed by atoms with Gasteiger partial charge in [0.15, 0.2) is 0 Å². The Labute approximate surface area is 127 Å². The molecule has 4 unspecified atom stereocenters. The highest BCUT2D eigenvalue weighted by Crippen LogP contribution is 2.49. The zero-order valence-electron chi connectivity index (χ0n) is 13.6. The second-order valence-corrected chi connectivity index (χ2v) is 8.23. The normalized spacial score (nSPS) is 39.3. The summed E-state index contributed by atoms with van der Waals surface area (Å²) in [6.45, 7) is 6.63. The average molecular weight is 295 g/mol. The summed E-state index contributed by atoms with van der Waals surface area (Å²) in [5, 5.41) is 3.05. The van der Waals surface area contributed by atoms with E-state index >= 15 is 0 Å². The molecule has 1 aliphatic heterocycles. The van der Waals surface area contributed by atoms with Crippen molar-refractivity contribution in [2.75, 3.05) is 6.61 Å². The third-order valence-electron chi connectivity index (χ3n) is 5.17. The molecular formula is C17H29NO3. The summed E-state index contributed by atoms with van der Waals surface area (Å²) in [4.78, 5) is 12.0. The molecule has 0 aromatic carbocycles. The lowest BCUT2D eigenvalue weighted by molar-refractivity contribution is -0.0804. The van der Waals surface area contributed by atoms with Gasteiger partial charge in [-0.1, -0.05) is 0 Å². The van der Waals surface area contributed by atoms with Gasteiger partial charge in [0.25, 0.3) is 0 Å². The molecule has 0 aromatic heterocycles. The zero-order chi connectivity index (χ0) is 15.1. The number of ether oxygens (including phenoxy) is 2. The van der Waals surface area contributed by atoms with E-state index in [1.807, 2.05) is 20.8 Å². The van der Waals surface area contributed by atoms with E-state index in [0.29, 0.717) is 0 Å². The second kappa shape index (κ2) is 5.45. The maximum atomic E-state index is 12.0. The van der Waals surface area contributed by atoms with Gasteiger partial charge in [0, 0.05) is 6.04 Å². The first-order valence-electron chi connectivity index (χ1n) is 8.49. The van der Waals surface area contributed by atoms with Gasteiger partial charge in [-0.3, -0.25) is 0 Å². The van der Waals surface area contributed by atoms with Crippen LogP contribution >= 0.6 is 0 Å². The number of rotatable bonds is 1. The van der Waals surface area contributed by atoms with Crippen molar-refractivity contribution in [3.8, 4) is 0 Å². The molecule has 3 rings (SSSR count). The zero-order valence-corrected chi connectivity index (χ0v) is 13.6. The van der Waals surface area contributed by atoms with Crippen molar-refractivity contribution in [3.05, 3.63) is 0 Å². The number of hydrogen-bond acceptors (Lipinski definition) is 3. The molecule has 21 heavy (non-hydrogen) atoms. The van der Waals surface area contributed by atoms with Gasteiger partial charge < -0.3 is 14.8 Å². The van der Waals surface area contributed by atoms with Gasteiger partial charge >= 0.3 is 6.09 Å². The minimum absolute atomic E-state index is 0.0192. The van der Waals surface area contributed by atoms with Gasteiger partial charge in [0.2, 0.25) is 0 Å². The van der Waals surface area contributed by atoms with E-state index < -0.39 is 5.60 Å². The van der Waals surface area contributed by atoms with Gasteiger partial charge in [0.1, 0.15) is 5.60 Å². The van der Waals surface area contributed by atoms with E-state index in [2.05, 4.69) is 5.32 Å². The van der Waals surface area contributed by atoms with Crippen molar-refractivity contribution < 1.29 is 14.3 Å². The highest BCUT2D eigenvalue weighted by Gasteiger charge is 2.47. The molecule has 0 aromatic rings. The molecule has 4 nitrogen and oxygen atoms in total. The molecule has 1 heterocycles. The summed E-state index contributed by atoms with van der Waals surface area (Å²) in [5.74, 6) is 1.74. The van der Waals surface area contributed by atoms with E-state index in [4.69, 9.17) is 9.47 Å². The number of fused-ring (bicyclic) bond motifs is 1. The Bertz CT molecular complexity index is 389. The lowest BCUT2D eigenvalue weighted by Crippen LogP contribution is -2.48. The molecule has 0 radical (unpaired) electrons. The summed E-state index contributed by atoms with van der Waals surface area (Å²) < 4.78 is 11.7. The van der Waals surface area contributed by atoms with E-state index in [1.165, 1.54) is 19.3 Å². The Morgan fingerprint density at radius 1 is 1.24 bits per heavy atom. The summed E-state index contributed by atoms with van der Waals surface area (Å²) in [5.41, 5.74) is -0.415. The number of carbonyl (C=O) groups is 1. The van der Waals surface area contributed by atoms with Gasteiger partial charge in [-0.15, -0.1) is 0 Å². The molecule has 120 valence electrons. The van der Waals surface area contributed by atoms with Crippen LogP contribution in [0.1, 0.15) is 65.7 Å². The molecule has 4 heteroatoms. The Morgan fingerprint density at radius 2 is 2.05 bits per heavy atom. The van der Waals surface area contributed by atoms with Crippen molar-refractivity contribution in [1.29, 1.82) is 0 Å². The van der Waals surface area contributed by atoms with Gasteiger partial charge in [-0.05, 0) is 77.6 Å². The molecule has 1 N–H and O–H groups in total. The molecule has 4 atom stereocenters. The molecule has 1 spiro atoms. The van der Waals surface area contributed by atoms with Crippen LogP contribution in [0.2, 0.25) is 0 Å². The third kappa shape index (κ3) is 3.91. The van der Waals surface area contributed by atoms with Gasteiger partial charge in [-0.25, -0.2) is 4.79 Å². The number of hydrogen-bond donors (Lipinski definition) is 1. The van der Waals surface area contributed by atoms with Crippen LogP contribution in [0.15, 0.2) is 0 Å². The SMILES string of the molecule is CC(C)(C)OC(=O)NC1CCCC2(CCC3CC3CO2)C1. The topological polar surface area (TPSA) is 47.6 Å². The Hall–Kier alpha value is -0.770. The molecule has 0 bridgehead atoms. The number of carbonyl (C=O) groups excluding carboxylic acids is 1. The predicted octanol–water partition coefficient (Wildman–Crippen LogP) is 3.64. The summed E-state index contributed by atoms with van der Waals surface area (Å²) in [6.07, 6.45) is 7.83. The van der Waals surface area contributed by atoms with Crippen LogP contribution < -0.4 is 5.32 Å². The third-order valence-corrected chi connectivity index (χ3v) is 5.17. The van der Waals surface area contributed by atoms with Crippen LogP contribution in [-0.2, 0) is 9.47 Å². The first-order valence-corrected chi connectivity index (χ1v) is 8.49. The fraction of sp³-hybridized carbons (Fsp3) is 0.941. The van der Waals surface area contributed by atoms with Gasteiger partial charge in [0.05, 0.1) is 12.2 Å². The Kier molecular flexibility index (Phi) is 3.93. The van der Waals surface area contributed by atoms with Crippen molar-refractivity contribution in [3.63, 3.8) is 0 Å². The minimum atomic E-state index is -0.434. The smallest absolute Gasteiger partial charge is 0.407 e. The van der Waals surface area contributed by atoms with Crippen molar-refractivity contribution in [1.82, 2.24) is 5.32 Å². The molecule has 2 saturated carbocycles. The summed E-state index contributed by atoms with van der Waals surface area (Å²) in [7, 11) is 0. The number of alkyl carbamates (subject to hydrolysis) is 1. The minimum Gasteiger partial charge on any atom is -0.444 e. The molecule has 3 fully saturated rings. The van der Waals surface area contributed by atoms with E-state index in [-0.39, 0.29) is 17.7 Å². The van der Waals surface area contributed by atoms with Crippen molar-refractivity contribution in [2.45, 2.75) is 83.0 Å². The highest BCUT2D eigenvalue weighted by atomic mass is 16.6. The van der Waals surface area contributed by atoms with Crippen LogP contribution in [0.5, 0.6) is 0 Å². The summed E-state index contributed by atoms with van der Waals surface area (Å²) >= 11 is 0. The quantitative estimate of drug-likeness (QED) is 0.803. The maximum Gasteiger partial charge on any atom is 0.407 e. The maximum absolute atomic E-state index is 12.0. The lowest BCUT2D eigenvalue weighted by atomic mass is 9.78. The lowest BCUT2D eigenvalue weighted by Gasteiger charge is -2.40. The van der Waals surface area contributed by atoms with Crippen molar-refractivity contribution in [2.24, 2.45) is 11.8 Å². The highest BCUT2D eigenvalue weighted by molar-refractivity contribution is 5.68. The van der Waals surface area contributed by atoms with Gasteiger partial charge in [-0.2, -0.15) is 0 Å². The molecule has 3 aliphatic rings. The largest absolute Gasteiger partial charge is 0.444 e. The Morgan fingerprint density at radius 3 is 2.81 bits per heavy atom. The molecule has 1 amide bonds. The molecule has 2 aliphatic carbocycles. The number of amides is 1. The summed E-state index contributed by atoms with van der Waals surface area (Å²) in [6, 6.07) is 0.197. The average Bonchev–Trinajstić information content (AvgIpc) is 3.11. The van der Waals surface area contributed by atoms with Crippen LogP contribution in [0.25, 0.3) is 0 Å². The molecule has 1 saturated heterocycles. The van der Waals surface area contributed by atoms with Crippen LogP contribution in [0, 0.1) is 11.8 Å². The van der Waals surface area contributed by atoms with Crippen LogP contribution in [-0.4, -0.2) is 29.9 Å². The number of nitrogens with one attached hydrogen (secondary N) is 1. The van der Waals surface area contributed by atoms with Crippen LogP contribution in [0.4, 0.5) is 4.79 Å². The van der Waals surface area contributed by atoms with E-state index in [0.717, 1.165) is 44.1 Å². The first kappa shape index (κ1) is 15.1. The second-order valence-electron chi connectivity index (χ2n) is 8.23. The standard InChI is InChI=1S/C17H29NO3/c1-16(2,3)21-15(19)18-14-5-4-7-17(10-14)8-6-12-9-13(12)11-20-17/h12-14H,4-11H2,1-3H3,(H,18,19). The molecular weight excluding hydrogens is 266 g/mol. The Balaban J connectivity index is 1.54. The van der Waals surface area contributed by atoms with Crippen molar-refractivity contribution >= 4 is 6.09 Å². The fourth-order valence-electron chi connectivity index (χ4n) is 3.95. The first-order chi connectivity index (χ1) is 9.85. The predicted molar refractivity (Wildman–Crippen MR) is 81.1 cm³/mol. The van der Waals surface area contributed by atoms with Crippen LogP contribution in [0.3, 0.4) is 0 Å². The van der Waals surface area contributed by atoms with E-state index in [9.17, 15) is 4.79 Å². The monoisotopic (exact) mass is 295 g/mol.